The average Bonchev–Trinajstić information content (AvgIpc) is 2.25. The van der Waals surface area contributed by atoms with Crippen molar-refractivity contribution >= 4 is 30.8 Å². The van der Waals surface area contributed by atoms with Crippen molar-refractivity contribution in [3.05, 3.63) is 0 Å². The third-order valence-corrected chi connectivity index (χ3v) is 5.77. The minimum absolute atomic E-state index is 0.448. The van der Waals surface area contributed by atoms with Crippen LogP contribution in [0.3, 0.4) is 0 Å². The van der Waals surface area contributed by atoms with Crippen LogP contribution in [0.2, 0.25) is 29.1 Å². The fraction of sp³-hybridized carbons (Fsp3) is 1.00. The second-order valence-corrected chi connectivity index (χ2v) is 7.40. The summed E-state index contributed by atoms with van der Waals surface area (Å²) in [5.74, 6) is 4.25. The smallest absolute Gasteiger partial charge is 0.125 e. The van der Waals surface area contributed by atoms with Gasteiger partial charge in [-0.2, -0.15) is 0 Å². The molecule has 2 rings (SSSR count). The zero-order valence-corrected chi connectivity index (χ0v) is 12.4. The van der Waals surface area contributed by atoms with Crippen molar-refractivity contribution in [2.24, 2.45) is 11.5 Å². The molecule has 0 heterocycles. The fourth-order valence-corrected chi connectivity index (χ4v) is 4.63. The first kappa shape index (κ1) is 14.6. The van der Waals surface area contributed by atoms with Crippen LogP contribution in [-0.2, 0) is 0 Å². The Morgan fingerprint density at radius 1 is 0.778 bits per heavy atom. The second-order valence-electron chi connectivity index (χ2n) is 7.40. The van der Waals surface area contributed by atoms with Crippen LogP contribution < -0.4 is 11.5 Å². The van der Waals surface area contributed by atoms with Gasteiger partial charge in [0, 0.05) is 12.1 Å². The lowest BCUT2D eigenvalue weighted by atomic mass is 9.35. The zero-order valence-electron chi connectivity index (χ0n) is 12.4. The van der Waals surface area contributed by atoms with Crippen molar-refractivity contribution < 1.29 is 0 Å². The summed E-state index contributed by atoms with van der Waals surface area (Å²) in [6, 6.07) is 0.911. The predicted octanol–water partition coefficient (Wildman–Crippen LogP) is -1.10. The predicted molar refractivity (Wildman–Crippen MR) is 90.6 cm³/mol. The van der Waals surface area contributed by atoms with E-state index in [1.54, 1.807) is 0 Å². The van der Waals surface area contributed by atoms with Gasteiger partial charge in [0.15, 0.2) is 0 Å². The molecule has 18 heavy (non-hydrogen) atoms. The Kier molecular flexibility index (Phi) is 4.93. The molecular weight excluding hydrogens is 215 g/mol. The molecule has 5 atom stereocenters. The molecule has 0 aromatic heterocycles. The van der Waals surface area contributed by atoms with Gasteiger partial charge >= 0.3 is 0 Å². The van der Waals surface area contributed by atoms with Crippen LogP contribution in [0.1, 0.15) is 32.1 Å². The van der Waals surface area contributed by atoms with Crippen LogP contribution >= 0.6 is 0 Å². The van der Waals surface area contributed by atoms with Gasteiger partial charge < -0.3 is 11.5 Å². The van der Waals surface area contributed by atoms with Gasteiger partial charge in [0.25, 0.3) is 0 Å². The Morgan fingerprint density at radius 2 is 1.33 bits per heavy atom. The van der Waals surface area contributed by atoms with Gasteiger partial charge in [-0.3, -0.25) is 0 Å². The second kappa shape index (κ2) is 6.09. The topological polar surface area (TPSA) is 52.0 Å². The van der Waals surface area contributed by atoms with E-state index in [9.17, 15) is 0 Å². The molecular formula is C12H28B4N2. The lowest BCUT2D eigenvalue weighted by Crippen LogP contribution is -2.37. The van der Waals surface area contributed by atoms with Crippen molar-refractivity contribution in [1.29, 1.82) is 0 Å². The first-order valence-electron chi connectivity index (χ1n) is 7.98. The average molecular weight is 244 g/mol. The fourth-order valence-electron chi connectivity index (χ4n) is 4.63. The molecule has 0 spiro atoms. The Balaban J connectivity index is 1.92. The highest BCUT2D eigenvalue weighted by Crippen LogP contribution is 2.47. The summed E-state index contributed by atoms with van der Waals surface area (Å²) in [6.07, 6.45) is 6.29. The van der Waals surface area contributed by atoms with E-state index in [2.05, 4.69) is 23.5 Å². The summed E-state index contributed by atoms with van der Waals surface area (Å²) in [5.41, 5.74) is 12.2. The van der Waals surface area contributed by atoms with E-state index >= 15 is 0 Å². The van der Waals surface area contributed by atoms with Gasteiger partial charge in [0.2, 0.25) is 0 Å². The quantitative estimate of drug-likeness (QED) is 0.605. The Labute approximate surface area is 116 Å². The number of hydrogen-bond donors (Lipinski definition) is 2. The van der Waals surface area contributed by atoms with Crippen LogP contribution in [0.4, 0.5) is 0 Å². The van der Waals surface area contributed by atoms with Crippen LogP contribution in [-0.4, -0.2) is 42.9 Å². The highest BCUT2D eigenvalue weighted by molar-refractivity contribution is 6.45. The molecule has 98 valence electrons. The van der Waals surface area contributed by atoms with Crippen LogP contribution in [0.15, 0.2) is 0 Å². The molecule has 2 aliphatic rings. The zero-order chi connectivity index (χ0) is 13.3. The third kappa shape index (κ3) is 3.39. The van der Waals surface area contributed by atoms with E-state index in [4.69, 9.17) is 11.5 Å². The van der Waals surface area contributed by atoms with Crippen molar-refractivity contribution in [3.8, 4) is 0 Å². The summed E-state index contributed by atoms with van der Waals surface area (Å²) < 4.78 is 0. The van der Waals surface area contributed by atoms with E-state index in [-0.39, 0.29) is 0 Å². The molecule has 6 heteroatoms. The molecule has 0 amide bonds. The summed E-state index contributed by atoms with van der Waals surface area (Å²) in [5, 5.41) is 0. The summed E-state index contributed by atoms with van der Waals surface area (Å²) >= 11 is 0. The van der Waals surface area contributed by atoms with E-state index in [0.29, 0.717) is 12.1 Å². The standard InChI is InChI=1S/C12H28B4N2/c13-8-3-6(17)1-2-11(8)16-12-9(14)4-7(18)5-10(12)15/h6-12,16H,1-5,13-15,17-18H2. The molecule has 4 N–H and O–H groups in total. The molecule has 0 aliphatic heterocycles. The summed E-state index contributed by atoms with van der Waals surface area (Å²) in [7, 11) is 8.66. The van der Waals surface area contributed by atoms with E-state index in [0.717, 1.165) is 29.1 Å². The van der Waals surface area contributed by atoms with Crippen LogP contribution in [0, 0.1) is 0 Å². The Morgan fingerprint density at radius 3 is 1.89 bits per heavy atom. The molecule has 2 nitrogen and oxygen atoms in total. The maximum atomic E-state index is 6.14. The lowest BCUT2D eigenvalue weighted by molar-refractivity contribution is 0.416. The Bertz CT molecular complexity index is 267. The Hall–Kier alpha value is 0.180. The number of nitrogens with two attached hydrogens (primary N) is 2. The third-order valence-electron chi connectivity index (χ3n) is 5.77. The van der Waals surface area contributed by atoms with Crippen LogP contribution in [0.5, 0.6) is 0 Å². The molecule has 0 radical (unpaired) electrons. The first-order valence-corrected chi connectivity index (χ1v) is 7.98. The van der Waals surface area contributed by atoms with Crippen LogP contribution in [0.25, 0.3) is 0 Å². The van der Waals surface area contributed by atoms with Crippen molar-refractivity contribution in [2.75, 3.05) is 0 Å². The minimum Gasteiger partial charge on any atom is -0.328 e. The summed E-state index contributed by atoms with van der Waals surface area (Å²) in [4.78, 5) is 0. The maximum Gasteiger partial charge on any atom is 0.125 e. The van der Waals surface area contributed by atoms with Gasteiger partial charge in [0.1, 0.15) is 30.8 Å². The maximum absolute atomic E-state index is 6.14. The highest BCUT2D eigenvalue weighted by atomic mass is 14.6. The minimum atomic E-state index is 0.448. The van der Waals surface area contributed by atoms with E-state index in [1.165, 1.54) is 39.4 Å². The monoisotopic (exact) mass is 244 g/mol. The van der Waals surface area contributed by atoms with Crippen molar-refractivity contribution in [3.63, 3.8) is 0 Å². The summed E-state index contributed by atoms with van der Waals surface area (Å²) in [6.45, 7) is 0. The van der Waals surface area contributed by atoms with Gasteiger partial charge in [-0.05, 0) is 25.7 Å². The highest BCUT2D eigenvalue weighted by Gasteiger charge is 2.36. The van der Waals surface area contributed by atoms with Gasteiger partial charge in [-0.25, -0.2) is 0 Å². The largest absolute Gasteiger partial charge is 0.328 e. The SMILES string of the molecule is BC1CC(N)CCC1BC1C(B)CC(N)CC1B. The molecule has 0 bridgehead atoms. The van der Waals surface area contributed by atoms with Gasteiger partial charge in [-0.1, -0.05) is 35.5 Å². The molecule has 5 unspecified atom stereocenters. The molecule has 0 aromatic carbocycles. The molecule has 0 saturated heterocycles. The van der Waals surface area contributed by atoms with Crippen molar-refractivity contribution in [1.82, 2.24) is 0 Å². The number of rotatable bonds is 2. The van der Waals surface area contributed by atoms with Gasteiger partial charge in [-0.15, -0.1) is 0 Å². The molecule has 2 saturated carbocycles. The molecule has 0 aromatic rings. The normalized spacial score (nSPS) is 49.8. The van der Waals surface area contributed by atoms with E-state index < -0.39 is 0 Å². The molecule has 2 fully saturated rings. The first-order chi connectivity index (χ1) is 8.47. The lowest BCUT2D eigenvalue weighted by Gasteiger charge is -2.42. The van der Waals surface area contributed by atoms with E-state index in [1.807, 2.05) is 0 Å². The number of hydrogen-bond acceptors (Lipinski definition) is 2. The van der Waals surface area contributed by atoms with Crippen molar-refractivity contribution in [2.45, 2.75) is 73.3 Å². The molecule has 2 aliphatic carbocycles. The van der Waals surface area contributed by atoms with Gasteiger partial charge in [0.05, 0.1) is 0 Å².